The fraction of sp³-hybridized carbons (Fsp3) is 0.379. The number of nitrogens with zero attached hydrogens (tertiary/aromatic N) is 1. The number of nitrogens with one attached hydrogen (secondary N) is 2. The van der Waals surface area contributed by atoms with Crippen LogP contribution in [0.4, 0.5) is 5.69 Å². The molecule has 1 aliphatic rings. The second-order valence-electron chi connectivity index (χ2n) is 9.42. The lowest BCUT2D eigenvalue weighted by molar-refractivity contribution is -0.131. The number of hydrogen-bond donors (Lipinski definition) is 3. The molecule has 0 radical (unpaired) electrons. The van der Waals surface area contributed by atoms with Crippen molar-refractivity contribution >= 4 is 28.4 Å². The molecular weight excluding hydrogens is 454 g/mol. The van der Waals surface area contributed by atoms with Crippen LogP contribution in [-0.2, 0) is 20.7 Å². The van der Waals surface area contributed by atoms with Gasteiger partial charge in [-0.15, -0.1) is 0 Å². The maximum absolute atomic E-state index is 12.6. The van der Waals surface area contributed by atoms with E-state index in [4.69, 9.17) is 4.74 Å². The Morgan fingerprint density at radius 3 is 2.75 bits per heavy atom. The van der Waals surface area contributed by atoms with Crippen LogP contribution in [-0.4, -0.2) is 53.1 Å². The Balaban J connectivity index is 1.31. The van der Waals surface area contributed by atoms with Gasteiger partial charge in [0.1, 0.15) is 0 Å². The van der Waals surface area contributed by atoms with Crippen molar-refractivity contribution in [3.05, 3.63) is 78.0 Å². The predicted octanol–water partition coefficient (Wildman–Crippen LogP) is 4.60. The highest BCUT2D eigenvalue weighted by Gasteiger charge is 2.27. The SMILES string of the molecule is CO[C@@H](c1ccc(NC(=O)Cc2c[nH]c3ccccc23)cc1)[C@@H](C)/C=C/CC(=O)N1CCC[C@H]1CO. The third-order valence-corrected chi connectivity index (χ3v) is 6.92. The molecule has 0 saturated carbocycles. The minimum absolute atomic E-state index is 0.0249. The molecule has 7 heteroatoms. The van der Waals surface area contributed by atoms with Crippen molar-refractivity contribution in [2.24, 2.45) is 5.92 Å². The number of carbonyl (C=O) groups is 2. The molecule has 3 aromatic rings. The van der Waals surface area contributed by atoms with Gasteiger partial charge in [-0.1, -0.05) is 49.4 Å². The second-order valence-corrected chi connectivity index (χ2v) is 9.42. The zero-order chi connectivity index (χ0) is 25.5. The molecule has 0 unspecified atom stereocenters. The van der Waals surface area contributed by atoms with Crippen LogP contribution in [0.2, 0.25) is 0 Å². The van der Waals surface area contributed by atoms with E-state index >= 15 is 0 Å². The number of rotatable bonds is 10. The number of ether oxygens (including phenoxy) is 1. The average molecular weight is 490 g/mol. The molecule has 1 fully saturated rings. The predicted molar refractivity (Wildman–Crippen MR) is 142 cm³/mol. The highest BCUT2D eigenvalue weighted by molar-refractivity contribution is 5.95. The number of para-hydroxylation sites is 1. The van der Waals surface area contributed by atoms with Crippen molar-refractivity contribution in [3.8, 4) is 0 Å². The molecule has 1 saturated heterocycles. The number of fused-ring (bicyclic) bond motifs is 1. The summed E-state index contributed by atoms with van der Waals surface area (Å²) in [5.41, 5.74) is 3.72. The molecule has 2 aromatic carbocycles. The van der Waals surface area contributed by atoms with Gasteiger partial charge < -0.3 is 25.0 Å². The lowest BCUT2D eigenvalue weighted by atomic mass is 9.96. The molecule has 4 rings (SSSR count). The van der Waals surface area contributed by atoms with Gasteiger partial charge in [0.2, 0.25) is 11.8 Å². The van der Waals surface area contributed by atoms with Crippen molar-refractivity contribution in [2.45, 2.75) is 44.8 Å². The Morgan fingerprint density at radius 1 is 1.22 bits per heavy atom. The molecular formula is C29H35N3O4. The highest BCUT2D eigenvalue weighted by atomic mass is 16.5. The third kappa shape index (κ3) is 6.04. The molecule has 190 valence electrons. The van der Waals surface area contributed by atoms with Crippen LogP contribution in [0.1, 0.15) is 43.4 Å². The van der Waals surface area contributed by atoms with Crippen molar-refractivity contribution < 1.29 is 19.4 Å². The van der Waals surface area contributed by atoms with Crippen molar-refractivity contribution in [1.82, 2.24) is 9.88 Å². The number of aromatic amines is 1. The van der Waals surface area contributed by atoms with E-state index in [9.17, 15) is 14.7 Å². The van der Waals surface area contributed by atoms with Gasteiger partial charge in [-0.05, 0) is 42.2 Å². The largest absolute Gasteiger partial charge is 0.394 e. The number of likely N-dealkylation sites (tertiary alicyclic amines) is 1. The fourth-order valence-corrected chi connectivity index (χ4v) is 5.02. The lowest BCUT2D eigenvalue weighted by Gasteiger charge is -2.23. The Kier molecular flexibility index (Phi) is 8.57. The first-order valence-electron chi connectivity index (χ1n) is 12.5. The third-order valence-electron chi connectivity index (χ3n) is 6.92. The first-order chi connectivity index (χ1) is 17.5. The normalized spacial score (nSPS) is 17.5. The molecule has 0 aliphatic carbocycles. The molecule has 2 amide bonds. The number of hydrogen-bond acceptors (Lipinski definition) is 4. The van der Waals surface area contributed by atoms with Crippen LogP contribution in [0, 0.1) is 5.92 Å². The smallest absolute Gasteiger partial charge is 0.228 e. The summed E-state index contributed by atoms with van der Waals surface area (Å²) in [6.07, 6.45) is 8.04. The van der Waals surface area contributed by atoms with Crippen LogP contribution < -0.4 is 5.32 Å². The standard InChI is InChI=1S/C29H35N3O4/c1-20(7-5-11-28(35)32-16-6-8-24(32)19-33)29(36-2)21-12-14-23(15-13-21)31-27(34)17-22-18-30-26-10-4-3-9-25(22)26/h3-5,7,9-10,12-15,18,20,24,29-30,33H,6,8,11,16-17,19H2,1-2H3,(H,31,34)/b7-5+/t20-,24-,29+/m0/s1. The number of benzene rings is 2. The maximum Gasteiger partial charge on any atom is 0.228 e. The van der Waals surface area contributed by atoms with Gasteiger partial charge in [0.05, 0.1) is 25.2 Å². The van der Waals surface area contributed by atoms with E-state index in [-0.39, 0.29) is 36.5 Å². The minimum Gasteiger partial charge on any atom is -0.394 e. The first-order valence-corrected chi connectivity index (χ1v) is 12.5. The number of amides is 2. The topological polar surface area (TPSA) is 94.7 Å². The monoisotopic (exact) mass is 489 g/mol. The Bertz CT molecular complexity index is 1200. The van der Waals surface area contributed by atoms with E-state index in [1.54, 1.807) is 12.0 Å². The Morgan fingerprint density at radius 2 is 2.00 bits per heavy atom. The van der Waals surface area contributed by atoms with Gasteiger partial charge in [-0.2, -0.15) is 0 Å². The number of aliphatic hydroxyl groups excluding tert-OH is 1. The van der Waals surface area contributed by atoms with Crippen LogP contribution in [0.15, 0.2) is 66.9 Å². The number of anilines is 1. The number of aliphatic hydroxyl groups is 1. The summed E-state index contributed by atoms with van der Waals surface area (Å²) in [7, 11) is 1.67. The quantitative estimate of drug-likeness (QED) is 0.363. The number of H-pyrrole nitrogens is 1. The molecule has 36 heavy (non-hydrogen) atoms. The summed E-state index contributed by atoms with van der Waals surface area (Å²) in [5, 5.41) is 13.5. The zero-order valence-corrected chi connectivity index (χ0v) is 20.9. The van der Waals surface area contributed by atoms with Crippen LogP contribution >= 0.6 is 0 Å². The van der Waals surface area contributed by atoms with Crippen molar-refractivity contribution in [3.63, 3.8) is 0 Å². The van der Waals surface area contributed by atoms with Gasteiger partial charge in [0.15, 0.2) is 0 Å². The van der Waals surface area contributed by atoms with E-state index in [1.165, 1.54) is 0 Å². The van der Waals surface area contributed by atoms with Gasteiger partial charge in [0, 0.05) is 48.8 Å². The molecule has 1 aromatic heterocycles. The van der Waals surface area contributed by atoms with Gasteiger partial charge in [-0.25, -0.2) is 0 Å². The molecule has 7 nitrogen and oxygen atoms in total. The average Bonchev–Trinajstić information content (AvgIpc) is 3.53. The number of methoxy groups -OCH3 is 1. The number of carbonyl (C=O) groups excluding carboxylic acids is 2. The van der Waals surface area contributed by atoms with Gasteiger partial charge >= 0.3 is 0 Å². The maximum atomic E-state index is 12.6. The first kappa shape index (κ1) is 25.7. The van der Waals surface area contributed by atoms with Crippen LogP contribution in [0.3, 0.4) is 0 Å². The molecule has 3 N–H and O–H groups in total. The van der Waals surface area contributed by atoms with Crippen LogP contribution in [0.5, 0.6) is 0 Å². The summed E-state index contributed by atoms with van der Waals surface area (Å²) in [6.45, 7) is 2.80. The second kappa shape index (κ2) is 12.0. The molecule has 3 atom stereocenters. The van der Waals surface area contributed by atoms with E-state index in [2.05, 4.69) is 17.2 Å². The Labute approximate surface area is 212 Å². The highest BCUT2D eigenvalue weighted by Crippen LogP contribution is 2.28. The minimum atomic E-state index is -0.177. The van der Waals surface area contributed by atoms with E-state index < -0.39 is 0 Å². The van der Waals surface area contributed by atoms with Gasteiger partial charge in [-0.3, -0.25) is 9.59 Å². The van der Waals surface area contributed by atoms with E-state index in [0.717, 1.165) is 47.1 Å². The molecule has 2 heterocycles. The van der Waals surface area contributed by atoms with Crippen molar-refractivity contribution in [2.75, 3.05) is 25.6 Å². The molecule has 0 bridgehead atoms. The molecule has 1 aliphatic heterocycles. The zero-order valence-electron chi connectivity index (χ0n) is 20.9. The van der Waals surface area contributed by atoms with Crippen molar-refractivity contribution in [1.29, 1.82) is 0 Å². The summed E-state index contributed by atoms with van der Waals surface area (Å²) >= 11 is 0. The summed E-state index contributed by atoms with van der Waals surface area (Å²) in [6, 6.07) is 15.6. The van der Waals surface area contributed by atoms with Gasteiger partial charge in [0.25, 0.3) is 0 Å². The summed E-state index contributed by atoms with van der Waals surface area (Å²) in [5.74, 6) is 0.0345. The lowest BCUT2D eigenvalue weighted by Crippen LogP contribution is -2.37. The van der Waals surface area contributed by atoms with E-state index in [0.29, 0.717) is 12.8 Å². The molecule has 0 spiro atoms. The van der Waals surface area contributed by atoms with E-state index in [1.807, 2.05) is 66.9 Å². The number of aromatic nitrogens is 1. The Hall–Kier alpha value is -3.42. The summed E-state index contributed by atoms with van der Waals surface area (Å²) in [4.78, 5) is 30.1. The fourth-order valence-electron chi connectivity index (χ4n) is 5.02. The van der Waals surface area contributed by atoms with Crippen LogP contribution in [0.25, 0.3) is 10.9 Å². The summed E-state index contributed by atoms with van der Waals surface area (Å²) < 4.78 is 5.75.